The number of carboxylic acid groups (broad SMARTS) is 1. The Morgan fingerprint density at radius 3 is 2.24 bits per heavy atom. The molecule has 1 heterocycles. The minimum atomic E-state index is -1.02. The highest BCUT2D eigenvalue weighted by atomic mass is 16.4. The van der Waals surface area contributed by atoms with Crippen molar-refractivity contribution in [2.45, 2.75) is 25.7 Å². The molecule has 1 aliphatic heterocycles. The van der Waals surface area contributed by atoms with Crippen molar-refractivity contribution in [2.24, 2.45) is 11.8 Å². The third-order valence-electron chi connectivity index (χ3n) is 4.07. The van der Waals surface area contributed by atoms with Crippen LogP contribution in [0.5, 0.6) is 0 Å². The normalized spacial score (nSPS) is 19.1. The van der Waals surface area contributed by atoms with Crippen LogP contribution in [0.15, 0.2) is 12.7 Å². The van der Waals surface area contributed by atoms with Crippen molar-refractivity contribution in [1.29, 1.82) is 0 Å². The molecule has 21 heavy (non-hydrogen) atoms. The van der Waals surface area contributed by atoms with Crippen LogP contribution in [-0.2, 0) is 14.4 Å². The highest BCUT2D eigenvalue weighted by molar-refractivity contribution is 5.84. The SMILES string of the molecule is C=CCN(CC(=O)O)C(=O)C1CCN(C(=O)C2CC2)CC1. The lowest BCUT2D eigenvalue weighted by molar-refractivity contribution is -0.147. The number of carbonyl (C=O) groups excluding carboxylic acids is 2. The molecule has 0 aromatic heterocycles. The molecule has 2 fully saturated rings. The van der Waals surface area contributed by atoms with Crippen molar-refractivity contribution >= 4 is 17.8 Å². The number of nitrogens with zero attached hydrogens (tertiary/aromatic N) is 2. The number of rotatable bonds is 6. The molecular weight excluding hydrogens is 272 g/mol. The second-order valence-corrected chi connectivity index (χ2v) is 5.78. The molecule has 1 N–H and O–H groups in total. The average molecular weight is 294 g/mol. The van der Waals surface area contributed by atoms with Crippen LogP contribution in [0.25, 0.3) is 0 Å². The molecule has 1 saturated carbocycles. The van der Waals surface area contributed by atoms with Gasteiger partial charge in [-0.25, -0.2) is 0 Å². The first-order valence-electron chi connectivity index (χ1n) is 7.43. The van der Waals surface area contributed by atoms with E-state index in [1.54, 1.807) is 0 Å². The summed E-state index contributed by atoms with van der Waals surface area (Å²) in [6, 6.07) is 0. The quantitative estimate of drug-likeness (QED) is 0.733. The van der Waals surface area contributed by atoms with Gasteiger partial charge in [0.15, 0.2) is 0 Å². The summed E-state index contributed by atoms with van der Waals surface area (Å²) < 4.78 is 0. The maximum atomic E-state index is 12.4. The zero-order valence-electron chi connectivity index (χ0n) is 12.2. The molecule has 2 aliphatic rings. The van der Waals surface area contributed by atoms with Crippen LogP contribution in [0.2, 0.25) is 0 Å². The zero-order chi connectivity index (χ0) is 15.4. The third kappa shape index (κ3) is 4.06. The maximum Gasteiger partial charge on any atom is 0.323 e. The van der Waals surface area contributed by atoms with E-state index >= 15 is 0 Å². The van der Waals surface area contributed by atoms with E-state index in [1.165, 1.54) is 11.0 Å². The molecule has 0 unspecified atom stereocenters. The Labute approximate surface area is 124 Å². The maximum absolute atomic E-state index is 12.4. The smallest absolute Gasteiger partial charge is 0.323 e. The fourth-order valence-electron chi connectivity index (χ4n) is 2.75. The van der Waals surface area contributed by atoms with E-state index in [0.29, 0.717) is 25.9 Å². The van der Waals surface area contributed by atoms with Crippen LogP contribution in [0.1, 0.15) is 25.7 Å². The van der Waals surface area contributed by atoms with Crippen LogP contribution in [0.3, 0.4) is 0 Å². The van der Waals surface area contributed by atoms with E-state index < -0.39 is 5.97 Å². The number of amides is 2. The van der Waals surface area contributed by atoms with Gasteiger partial charge < -0.3 is 14.9 Å². The van der Waals surface area contributed by atoms with Crippen molar-refractivity contribution in [3.05, 3.63) is 12.7 Å². The summed E-state index contributed by atoms with van der Waals surface area (Å²) in [5, 5.41) is 8.86. The van der Waals surface area contributed by atoms with Crippen LogP contribution >= 0.6 is 0 Å². The van der Waals surface area contributed by atoms with Gasteiger partial charge >= 0.3 is 5.97 Å². The van der Waals surface area contributed by atoms with E-state index in [0.717, 1.165) is 12.8 Å². The van der Waals surface area contributed by atoms with E-state index in [9.17, 15) is 14.4 Å². The summed E-state index contributed by atoms with van der Waals surface area (Å²) in [5.74, 6) is -0.925. The lowest BCUT2D eigenvalue weighted by Crippen LogP contribution is -2.46. The second kappa shape index (κ2) is 6.74. The fourth-order valence-corrected chi connectivity index (χ4v) is 2.75. The molecule has 6 heteroatoms. The molecule has 1 saturated heterocycles. The van der Waals surface area contributed by atoms with Gasteiger partial charge in [0.25, 0.3) is 0 Å². The number of hydrogen-bond donors (Lipinski definition) is 1. The Hall–Kier alpha value is -1.85. The highest BCUT2D eigenvalue weighted by Gasteiger charge is 2.36. The van der Waals surface area contributed by atoms with Gasteiger partial charge in [0, 0.05) is 31.5 Å². The van der Waals surface area contributed by atoms with E-state index in [4.69, 9.17) is 5.11 Å². The van der Waals surface area contributed by atoms with Gasteiger partial charge in [0.05, 0.1) is 0 Å². The van der Waals surface area contributed by atoms with Crippen molar-refractivity contribution in [3.63, 3.8) is 0 Å². The zero-order valence-corrected chi connectivity index (χ0v) is 12.2. The number of carboxylic acids is 1. The van der Waals surface area contributed by atoms with Gasteiger partial charge in [-0.2, -0.15) is 0 Å². The molecule has 2 amide bonds. The minimum absolute atomic E-state index is 0.143. The molecule has 0 atom stereocenters. The molecule has 6 nitrogen and oxygen atoms in total. The van der Waals surface area contributed by atoms with Gasteiger partial charge in [-0.1, -0.05) is 6.08 Å². The second-order valence-electron chi connectivity index (χ2n) is 5.78. The predicted octanol–water partition coefficient (Wildman–Crippen LogP) is 0.734. The molecule has 0 aromatic carbocycles. The van der Waals surface area contributed by atoms with Crippen molar-refractivity contribution in [1.82, 2.24) is 9.80 Å². The van der Waals surface area contributed by atoms with Gasteiger partial charge in [-0.3, -0.25) is 14.4 Å². The van der Waals surface area contributed by atoms with Crippen molar-refractivity contribution in [2.75, 3.05) is 26.2 Å². The number of piperidine rings is 1. The van der Waals surface area contributed by atoms with Gasteiger partial charge in [-0.05, 0) is 25.7 Å². The molecule has 0 spiro atoms. The molecule has 0 radical (unpaired) electrons. The van der Waals surface area contributed by atoms with Crippen molar-refractivity contribution in [3.8, 4) is 0 Å². The Morgan fingerprint density at radius 1 is 1.14 bits per heavy atom. The van der Waals surface area contributed by atoms with Gasteiger partial charge in [-0.15, -0.1) is 6.58 Å². The van der Waals surface area contributed by atoms with Gasteiger partial charge in [0.1, 0.15) is 6.54 Å². The third-order valence-corrected chi connectivity index (χ3v) is 4.07. The summed E-state index contributed by atoms with van der Waals surface area (Å²) >= 11 is 0. The molecule has 2 rings (SSSR count). The standard InChI is InChI=1S/C15H22N2O4/c1-2-7-17(10-13(18)19)15(21)12-5-8-16(9-6-12)14(20)11-3-4-11/h2,11-12H,1,3-10H2,(H,18,19). The average Bonchev–Trinajstić information content (AvgIpc) is 3.30. The van der Waals surface area contributed by atoms with E-state index in [-0.39, 0.29) is 36.7 Å². The number of hydrogen-bond acceptors (Lipinski definition) is 3. The Balaban J connectivity index is 1.86. The first-order chi connectivity index (χ1) is 10.0. The topological polar surface area (TPSA) is 77.9 Å². The monoisotopic (exact) mass is 294 g/mol. The Bertz CT molecular complexity index is 437. The summed E-state index contributed by atoms with van der Waals surface area (Å²) in [7, 11) is 0. The first-order valence-corrected chi connectivity index (χ1v) is 7.43. The minimum Gasteiger partial charge on any atom is -0.480 e. The largest absolute Gasteiger partial charge is 0.480 e. The van der Waals surface area contributed by atoms with Crippen LogP contribution in [0, 0.1) is 11.8 Å². The van der Waals surface area contributed by atoms with Crippen molar-refractivity contribution < 1.29 is 19.5 Å². The number of aliphatic carboxylic acids is 1. The fraction of sp³-hybridized carbons (Fsp3) is 0.667. The molecular formula is C15H22N2O4. The molecule has 0 aromatic rings. The van der Waals surface area contributed by atoms with Gasteiger partial charge in [0.2, 0.25) is 11.8 Å². The molecule has 116 valence electrons. The molecule has 1 aliphatic carbocycles. The Kier molecular flexibility index (Phi) is 4.98. The summed E-state index contributed by atoms with van der Waals surface area (Å²) in [6.07, 6.45) is 4.74. The lowest BCUT2D eigenvalue weighted by Gasteiger charge is -2.33. The first kappa shape index (κ1) is 15.5. The number of carbonyl (C=O) groups is 3. The Morgan fingerprint density at radius 2 is 1.76 bits per heavy atom. The van der Waals surface area contributed by atoms with E-state index in [2.05, 4.69) is 6.58 Å². The van der Waals surface area contributed by atoms with Crippen LogP contribution in [0.4, 0.5) is 0 Å². The lowest BCUT2D eigenvalue weighted by atomic mass is 9.95. The predicted molar refractivity (Wildman–Crippen MR) is 76.4 cm³/mol. The molecule has 0 bridgehead atoms. The number of likely N-dealkylation sites (tertiary alicyclic amines) is 1. The van der Waals surface area contributed by atoms with Crippen LogP contribution < -0.4 is 0 Å². The summed E-state index contributed by atoms with van der Waals surface area (Å²) in [6.45, 7) is 4.70. The highest BCUT2D eigenvalue weighted by Crippen LogP contribution is 2.32. The summed E-state index contributed by atoms with van der Waals surface area (Å²) in [5.41, 5.74) is 0. The van der Waals surface area contributed by atoms with Crippen LogP contribution in [-0.4, -0.2) is 58.9 Å². The summed E-state index contributed by atoms with van der Waals surface area (Å²) in [4.78, 5) is 38.3. The van der Waals surface area contributed by atoms with E-state index in [1.807, 2.05) is 4.90 Å².